The molecule has 0 spiro atoms. The van der Waals surface area contributed by atoms with Crippen LogP contribution in [0.3, 0.4) is 0 Å². The zero-order valence-electron chi connectivity index (χ0n) is 10.4. The molecule has 1 unspecified atom stereocenters. The molecule has 0 aliphatic carbocycles. The first-order valence-electron chi connectivity index (χ1n) is 5.88. The molecular weight excluding hydrogens is 270 g/mol. The van der Waals surface area contributed by atoms with E-state index in [9.17, 15) is 9.59 Å². The maximum Gasteiger partial charge on any atom is 0.337 e. The quantitative estimate of drug-likeness (QED) is 0.869. The number of anilines is 1. The molecule has 19 heavy (non-hydrogen) atoms. The molecule has 6 nitrogen and oxygen atoms in total. The predicted molar refractivity (Wildman–Crippen MR) is 70.6 cm³/mol. The first kappa shape index (κ1) is 13.6. The number of amides is 1. The van der Waals surface area contributed by atoms with E-state index in [0.717, 1.165) is 13.0 Å². The number of aromatic nitrogens is 1. The number of hydrogen-bond acceptors (Lipinski definition) is 4. The predicted octanol–water partition coefficient (Wildman–Crippen LogP) is 1.15. The molecule has 1 atom stereocenters. The molecule has 2 rings (SSSR count). The van der Waals surface area contributed by atoms with Gasteiger partial charge in [0.15, 0.2) is 0 Å². The lowest BCUT2D eigenvalue weighted by Crippen LogP contribution is -2.35. The van der Waals surface area contributed by atoms with Crippen LogP contribution in [0.1, 0.15) is 23.7 Å². The van der Waals surface area contributed by atoms with Crippen LogP contribution in [0.2, 0.25) is 5.02 Å². The van der Waals surface area contributed by atoms with Gasteiger partial charge in [-0.25, -0.2) is 9.78 Å². The van der Waals surface area contributed by atoms with E-state index in [2.05, 4.69) is 10.3 Å². The van der Waals surface area contributed by atoms with Crippen molar-refractivity contribution in [3.05, 3.63) is 22.8 Å². The van der Waals surface area contributed by atoms with Crippen LogP contribution < -0.4 is 10.2 Å². The number of aromatic carboxylic acids is 1. The van der Waals surface area contributed by atoms with E-state index in [4.69, 9.17) is 16.7 Å². The van der Waals surface area contributed by atoms with Crippen molar-refractivity contribution in [2.24, 2.45) is 0 Å². The summed E-state index contributed by atoms with van der Waals surface area (Å²) in [6.07, 6.45) is 2.10. The fourth-order valence-electron chi connectivity index (χ4n) is 2.14. The van der Waals surface area contributed by atoms with Gasteiger partial charge in [0.05, 0.1) is 10.6 Å². The minimum absolute atomic E-state index is 0.0614. The molecule has 102 valence electrons. The van der Waals surface area contributed by atoms with Crippen molar-refractivity contribution >= 4 is 29.3 Å². The van der Waals surface area contributed by atoms with Crippen LogP contribution in [0.25, 0.3) is 0 Å². The van der Waals surface area contributed by atoms with E-state index < -0.39 is 5.97 Å². The summed E-state index contributed by atoms with van der Waals surface area (Å²) in [4.78, 5) is 27.8. The van der Waals surface area contributed by atoms with Crippen molar-refractivity contribution in [2.45, 2.75) is 19.4 Å². The summed E-state index contributed by atoms with van der Waals surface area (Å²) in [6.45, 7) is 2.83. The second-order valence-corrected chi connectivity index (χ2v) is 4.87. The number of nitrogens with zero attached hydrogens (tertiary/aromatic N) is 2. The summed E-state index contributed by atoms with van der Waals surface area (Å²) in [5.74, 6) is -0.565. The maximum atomic E-state index is 11.0. The van der Waals surface area contributed by atoms with E-state index in [0.29, 0.717) is 17.4 Å². The molecule has 1 aromatic heterocycles. The molecule has 7 heteroatoms. The van der Waals surface area contributed by atoms with Crippen molar-refractivity contribution < 1.29 is 14.7 Å². The fourth-order valence-corrected chi connectivity index (χ4v) is 2.42. The number of halogens is 1. The lowest BCUT2D eigenvalue weighted by Gasteiger charge is -2.19. The van der Waals surface area contributed by atoms with Gasteiger partial charge < -0.3 is 15.3 Å². The Morgan fingerprint density at radius 2 is 2.32 bits per heavy atom. The average Bonchev–Trinajstić information content (AvgIpc) is 2.76. The van der Waals surface area contributed by atoms with E-state index in [1.165, 1.54) is 19.2 Å². The summed E-state index contributed by atoms with van der Waals surface area (Å²) in [5, 5.41) is 12.0. The number of pyridine rings is 1. The topological polar surface area (TPSA) is 82.5 Å². The third-order valence-corrected chi connectivity index (χ3v) is 3.24. The van der Waals surface area contributed by atoms with Gasteiger partial charge in [-0.2, -0.15) is 0 Å². The lowest BCUT2D eigenvalue weighted by molar-refractivity contribution is -0.119. The van der Waals surface area contributed by atoms with Crippen LogP contribution in [0.5, 0.6) is 0 Å². The van der Waals surface area contributed by atoms with Crippen molar-refractivity contribution in [1.29, 1.82) is 0 Å². The zero-order valence-corrected chi connectivity index (χ0v) is 11.1. The van der Waals surface area contributed by atoms with Gasteiger partial charge in [-0.1, -0.05) is 11.6 Å². The Kier molecular flexibility index (Phi) is 3.90. The van der Waals surface area contributed by atoms with Gasteiger partial charge in [0.25, 0.3) is 0 Å². The summed E-state index contributed by atoms with van der Waals surface area (Å²) < 4.78 is 0. The highest BCUT2D eigenvalue weighted by Gasteiger charge is 2.25. The molecule has 0 radical (unpaired) electrons. The SMILES string of the molecule is CC(=O)NC1CCN(c2ncc(C(=O)O)cc2Cl)C1. The van der Waals surface area contributed by atoms with Gasteiger partial charge in [-0.05, 0) is 12.5 Å². The van der Waals surface area contributed by atoms with Crippen molar-refractivity contribution in [3.63, 3.8) is 0 Å². The molecule has 1 aliphatic rings. The first-order valence-corrected chi connectivity index (χ1v) is 6.26. The average molecular weight is 284 g/mol. The standard InChI is InChI=1S/C12H14ClN3O3/c1-7(17)15-9-2-3-16(6-9)11-10(13)4-8(5-14-11)12(18)19/h4-5,9H,2-3,6H2,1H3,(H,15,17)(H,18,19). The van der Waals surface area contributed by atoms with Gasteiger partial charge in [-0.15, -0.1) is 0 Å². The fraction of sp³-hybridized carbons (Fsp3) is 0.417. The van der Waals surface area contributed by atoms with Crippen molar-refractivity contribution in [2.75, 3.05) is 18.0 Å². The zero-order chi connectivity index (χ0) is 14.0. The molecule has 1 aliphatic heterocycles. The Morgan fingerprint density at radius 1 is 1.58 bits per heavy atom. The van der Waals surface area contributed by atoms with Crippen LogP contribution in [0.4, 0.5) is 5.82 Å². The normalized spacial score (nSPS) is 18.4. The molecule has 1 saturated heterocycles. The Hall–Kier alpha value is -1.82. The Labute approximate surface area is 115 Å². The molecular formula is C12H14ClN3O3. The molecule has 0 aromatic carbocycles. The Bertz CT molecular complexity index is 521. The van der Waals surface area contributed by atoms with Gasteiger partial charge in [0, 0.05) is 32.3 Å². The maximum absolute atomic E-state index is 11.0. The molecule has 2 heterocycles. The van der Waals surface area contributed by atoms with Crippen LogP contribution in [-0.2, 0) is 4.79 Å². The highest BCUT2D eigenvalue weighted by atomic mass is 35.5. The Balaban J connectivity index is 2.11. The minimum atomic E-state index is -1.06. The van der Waals surface area contributed by atoms with E-state index in [-0.39, 0.29) is 17.5 Å². The number of carbonyl (C=O) groups excluding carboxylic acids is 1. The van der Waals surface area contributed by atoms with Crippen LogP contribution in [0, 0.1) is 0 Å². The molecule has 1 fully saturated rings. The minimum Gasteiger partial charge on any atom is -0.478 e. The molecule has 1 aromatic rings. The van der Waals surface area contributed by atoms with E-state index in [1.54, 1.807) is 0 Å². The first-order chi connectivity index (χ1) is 8.97. The number of carboxylic acid groups (broad SMARTS) is 1. The summed E-state index contributed by atoms with van der Waals surface area (Å²) in [7, 11) is 0. The van der Waals surface area contributed by atoms with Crippen LogP contribution >= 0.6 is 11.6 Å². The molecule has 0 saturated carbocycles. The summed E-state index contributed by atoms with van der Waals surface area (Å²) >= 11 is 6.05. The van der Waals surface area contributed by atoms with Gasteiger partial charge in [-0.3, -0.25) is 4.79 Å². The van der Waals surface area contributed by atoms with E-state index >= 15 is 0 Å². The van der Waals surface area contributed by atoms with Gasteiger partial charge >= 0.3 is 5.97 Å². The van der Waals surface area contributed by atoms with Crippen molar-refractivity contribution in [3.8, 4) is 0 Å². The number of rotatable bonds is 3. The monoisotopic (exact) mass is 283 g/mol. The second-order valence-electron chi connectivity index (χ2n) is 4.47. The molecule has 2 N–H and O–H groups in total. The van der Waals surface area contributed by atoms with Gasteiger partial charge in [0.2, 0.25) is 5.91 Å². The molecule has 1 amide bonds. The summed E-state index contributed by atoms with van der Waals surface area (Å²) in [6, 6.07) is 1.47. The number of carboxylic acids is 1. The van der Waals surface area contributed by atoms with Gasteiger partial charge in [0.1, 0.15) is 5.82 Å². The number of hydrogen-bond donors (Lipinski definition) is 2. The summed E-state index contributed by atoms with van der Waals surface area (Å²) in [5.41, 5.74) is 0.0614. The highest BCUT2D eigenvalue weighted by molar-refractivity contribution is 6.33. The Morgan fingerprint density at radius 3 is 2.89 bits per heavy atom. The second kappa shape index (κ2) is 5.44. The third-order valence-electron chi connectivity index (χ3n) is 2.96. The third kappa shape index (κ3) is 3.14. The smallest absolute Gasteiger partial charge is 0.337 e. The highest BCUT2D eigenvalue weighted by Crippen LogP contribution is 2.27. The molecule has 0 bridgehead atoms. The largest absolute Gasteiger partial charge is 0.478 e. The van der Waals surface area contributed by atoms with Crippen molar-refractivity contribution in [1.82, 2.24) is 10.3 Å². The lowest BCUT2D eigenvalue weighted by atomic mass is 10.2. The number of nitrogens with one attached hydrogen (secondary N) is 1. The van der Waals surface area contributed by atoms with Crippen LogP contribution in [-0.4, -0.2) is 41.1 Å². The van der Waals surface area contributed by atoms with Crippen LogP contribution in [0.15, 0.2) is 12.3 Å². The van der Waals surface area contributed by atoms with E-state index in [1.807, 2.05) is 4.90 Å². The number of carbonyl (C=O) groups is 2.